The first-order chi connectivity index (χ1) is 10.0. The summed E-state index contributed by atoms with van der Waals surface area (Å²) in [7, 11) is 0. The van der Waals surface area contributed by atoms with Crippen molar-refractivity contribution in [3.8, 4) is 0 Å². The highest BCUT2D eigenvalue weighted by Gasteiger charge is 2.36. The number of rotatable bonds is 7. The van der Waals surface area contributed by atoms with E-state index in [-0.39, 0.29) is 23.8 Å². The lowest BCUT2D eigenvalue weighted by atomic mass is 9.93. The van der Waals surface area contributed by atoms with Gasteiger partial charge in [-0.3, -0.25) is 9.59 Å². The fraction of sp³-hybridized carbons (Fsp3) is 0.875. The average Bonchev–Trinajstić information content (AvgIpc) is 3.09. The van der Waals surface area contributed by atoms with Crippen LogP contribution in [0.25, 0.3) is 0 Å². The number of amides is 2. The van der Waals surface area contributed by atoms with Crippen LogP contribution in [0.15, 0.2) is 0 Å². The number of hydrogen-bond acceptors (Lipinski definition) is 3. The number of nitrogens with zero attached hydrogens (tertiary/aromatic N) is 1. The molecule has 2 unspecified atom stereocenters. The predicted octanol–water partition coefficient (Wildman–Crippen LogP) is 1.27. The molecule has 5 nitrogen and oxygen atoms in total. The van der Waals surface area contributed by atoms with Gasteiger partial charge < -0.3 is 16.0 Å². The van der Waals surface area contributed by atoms with E-state index in [4.69, 9.17) is 5.73 Å². The van der Waals surface area contributed by atoms with Crippen LogP contribution in [0.5, 0.6) is 0 Å². The maximum Gasteiger partial charge on any atom is 0.243 e. The van der Waals surface area contributed by atoms with Crippen molar-refractivity contribution in [3.05, 3.63) is 0 Å². The monoisotopic (exact) mass is 295 g/mol. The molecular weight excluding hydrogens is 266 g/mol. The normalized spacial score (nSPS) is 23.4. The lowest BCUT2D eigenvalue weighted by Crippen LogP contribution is -2.47. The molecule has 3 N–H and O–H groups in total. The minimum atomic E-state index is -0.254. The number of nitrogens with one attached hydrogen (secondary N) is 1. The van der Waals surface area contributed by atoms with Gasteiger partial charge >= 0.3 is 0 Å². The maximum absolute atomic E-state index is 12.5. The van der Waals surface area contributed by atoms with Gasteiger partial charge in [-0.15, -0.1) is 0 Å². The highest BCUT2D eigenvalue weighted by molar-refractivity contribution is 5.88. The van der Waals surface area contributed by atoms with E-state index in [2.05, 4.69) is 19.2 Å². The van der Waals surface area contributed by atoms with Crippen molar-refractivity contribution in [2.75, 3.05) is 13.1 Å². The minimum Gasteiger partial charge on any atom is -0.352 e. The van der Waals surface area contributed by atoms with Crippen LogP contribution >= 0.6 is 0 Å². The summed E-state index contributed by atoms with van der Waals surface area (Å²) in [5.41, 5.74) is 5.79. The largest absolute Gasteiger partial charge is 0.352 e. The molecular formula is C16H29N3O2. The summed E-state index contributed by atoms with van der Waals surface area (Å²) in [5, 5.41) is 3.02. The standard InChI is InChI=1S/C16H29N3O2/c1-11(2)8-12(10-17)9-15(20)19-7-3-4-14(19)16(21)18-13-5-6-13/h11-14H,3-10,17H2,1-2H3,(H,18,21). The molecule has 0 radical (unpaired) electrons. The van der Waals surface area contributed by atoms with E-state index >= 15 is 0 Å². The second-order valence-corrected chi connectivity index (χ2v) is 6.96. The number of hydrogen-bond donors (Lipinski definition) is 2. The van der Waals surface area contributed by atoms with Crippen LogP contribution in [-0.4, -0.2) is 41.9 Å². The van der Waals surface area contributed by atoms with E-state index in [1.165, 1.54) is 0 Å². The summed E-state index contributed by atoms with van der Waals surface area (Å²) in [6.07, 6.45) is 5.32. The second-order valence-electron chi connectivity index (χ2n) is 6.96. The zero-order valence-corrected chi connectivity index (χ0v) is 13.3. The van der Waals surface area contributed by atoms with Crippen LogP contribution in [0.1, 0.15) is 52.4 Å². The third-order valence-electron chi connectivity index (χ3n) is 4.40. The second kappa shape index (κ2) is 7.25. The summed E-state index contributed by atoms with van der Waals surface area (Å²) in [6.45, 7) is 5.54. The lowest BCUT2D eigenvalue weighted by molar-refractivity contribution is -0.139. The summed E-state index contributed by atoms with van der Waals surface area (Å²) in [6, 6.07) is 0.100. The van der Waals surface area contributed by atoms with E-state index in [9.17, 15) is 9.59 Å². The van der Waals surface area contributed by atoms with E-state index in [0.717, 1.165) is 32.1 Å². The SMILES string of the molecule is CC(C)CC(CN)CC(=O)N1CCCC1C(=O)NC1CC1. The molecule has 0 spiro atoms. The van der Waals surface area contributed by atoms with Gasteiger partial charge in [0.25, 0.3) is 0 Å². The summed E-state index contributed by atoms with van der Waals surface area (Å²) < 4.78 is 0. The fourth-order valence-corrected chi connectivity index (χ4v) is 3.16. The van der Waals surface area contributed by atoms with Crippen molar-refractivity contribution in [3.63, 3.8) is 0 Å². The molecule has 2 aliphatic rings. The van der Waals surface area contributed by atoms with Gasteiger partial charge in [0.05, 0.1) is 0 Å². The first kappa shape index (κ1) is 16.3. The molecule has 1 aliphatic carbocycles. The van der Waals surface area contributed by atoms with Gasteiger partial charge in [-0.1, -0.05) is 13.8 Å². The van der Waals surface area contributed by atoms with Gasteiger partial charge in [0.2, 0.25) is 11.8 Å². The zero-order chi connectivity index (χ0) is 15.4. The van der Waals surface area contributed by atoms with Crippen LogP contribution in [0.2, 0.25) is 0 Å². The molecule has 2 rings (SSSR count). The zero-order valence-electron chi connectivity index (χ0n) is 13.3. The minimum absolute atomic E-state index is 0.0384. The third kappa shape index (κ3) is 4.70. The maximum atomic E-state index is 12.5. The van der Waals surface area contributed by atoms with Crippen LogP contribution < -0.4 is 11.1 Å². The van der Waals surface area contributed by atoms with Crippen molar-refractivity contribution in [2.24, 2.45) is 17.6 Å². The molecule has 2 atom stereocenters. The van der Waals surface area contributed by atoms with Gasteiger partial charge in [-0.25, -0.2) is 0 Å². The third-order valence-corrected chi connectivity index (χ3v) is 4.40. The molecule has 0 bridgehead atoms. The van der Waals surface area contributed by atoms with Crippen LogP contribution in [0.4, 0.5) is 0 Å². The van der Waals surface area contributed by atoms with Crippen LogP contribution in [0.3, 0.4) is 0 Å². The molecule has 1 saturated carbocycles. The molecule has 2 fully saturated rings. The van der Waals surface area contributed by atoms with Crippen molar-refractivity contribution < 1.29 is 9.59 Å². The van der Waals surface area contributed by atoms with Crippen molar-refractivity contribution in [1.82, 2.24) is 10.2 Å². The lowest BCUT2D eigenvalue weighted by Gasteiger charge is -2.26. The smallest absolute Gasteiger partial charge is 0.243 e. The molecule has 0 aromatic heterocycles. The molecule has 120 valence electrons. The molecule has 2 amide bonds. The van der Waals surface area contributed by atoms with Gasteiger partial charge in [-0.2, -0.15) is 0 Å². The quantitative estimate of drug-likeness (QED) is 0.742. The molecule has 5 heteroatoms. The first-order valence-electron chi connectivity index (χ1n) is 8.31. The van der Waals surface area contributed by atoms with Gasteiger partial charge in [0, 0.05) is 19.0 Å². The van der Waals surface area contributed by atoms with E-state index in [1.54, 1.807) is 4.90 Å². The van der Waals surface area contributed by atoms with Crippen molar-refractivity contribution in [2.45, 2.75) is 64.5 Å². The van der Waals surface area contributed by atoms with E-state index in [1.807, 2.05) is 0 Å². The molecule has 1 heterocycles. The Labute approximate surface area is 127 Å². The number of likely N-dealkylation sites (tertiary alicyclic amines) is 1. The van der Waals surface area contributed by atoms with Crippen LogP contribution in [-0.2, 0) is 9.59 Å². The number of nitrogens with two attached hydrogens (primary N) is 1. The topological polar surface area (TPSA) is 75.4 Å². The average molecular weight is 295 g/mol. The Morgan fingerprint density at radius 2 is 2.00 bits per heavy atom. The predicted molar refractivity (Wildman–Crippen MR) is 82.5 cm³/mol. The summed E-state index contributed by atoms with van der Waals surface area (Å²) in [4.78, 5) is 26.5. The highest BCUT2D eigenvalue weighted by atomic mass is 16.2. The van der Waals surface area contributed by atoms with Gasteiger partial charge in [0.1, 0.15) is 6.04 Å². The van der Waals surface area contributed by atoms with Crippen molar-refractivity contribution in [1.29, 1.82) is 0 Å². The van der Waals surface area contributed by atoms with Crippen molar-refractivity contribution >= 4 is 11.8 Å². The Morgan fingerprint density at radius 3 is 2.57 bits per heavy atom. The Morgan fingerprint density at radius 1 is 1.29 bits per heavy atom. The highest BCUT2D eigenvalue weighted by Crippen LogP contribution is 2.24. The summed E-state index contributed by atoms with van der Waals surface area (Å²) in [5.74, 6) is 0.903. The molecule has 0 aromatic rings. The first-order valence-corrected chi connectivity index (χ1v) is 8.31. The Hall–Kier alpha value is -1.10. The van der Waals surface area contributed by atoms with E-state index in [0.29, 0.717) is 31.5 Å². The van der Waals surface area contributed by atoms with Gasteiger partial charge in [0.15, 0.2) is 0 Å². The Kier molecular flexibility index (Phi) is 5.62. The number of carbonyl (C=O) groups excluding carboxylic acids is 2. The Balaban J connectivity index is 1.88. The number of carbonyl (C=O) groups is 2. The summed E-state index contributed by atoms with van der Waals surface area (Å²) >= 11 is 0. The molecule has 0 aromatic carbocycles. The molecule has 1 aliphatic heterocycles. The molecule has 21 heavy (non-hydrogen) atoms. The van der Waals surface area contributed by atoms with Gasteiger partial charge in [-0.05, 0) is 50.5 Å². The Bertz CT molecular complexity index is 380. The fourth-order valence-electron chi connectivity index (χ4n) is 3.16. The molecule has 1 saturated heterocycles. The van der Waals surface area contributed by atoms with E-state index < -0.39 is 0 Å². The van der Waals surface area contributed by atoms with Crippen LogP contribution in [0, 0.1) is 11.8 Å².